The van der Waals surface area contributed by atoms with Crippen LogP contribution in [0, 0.1) is 27.7 Å². The van der Waals surface area contributed by atoms with E-state index < -0.39 is 0 Å². The summed E-state index contributed by atoms with van der Waals surface area (Å²) in [6.07, 6.45) is 3.40. The number of anilines is 4. The van der Waals surface area contributed by atoms with Crippen LogP contribution >= 0.6 is 11.6 Å². The Balaban J connectivity index is 1.61. The van der Waals surface area contributed by atoms with Crippen molar-refractivity contribution < 1.29 is 0 Å². The largest absolute Gasteiger partial charge is 0.324 e. The number of nitrogens with zero attached hydrogens (tertiary/aromatic N) is 4. The van der Waals surface area contributed by atoms with E-state index in [0.29, 0.717) is 22.6 Å². The van der Waals surface area contributed by atoms with Gasteiger partial charge in [-0.25, -0.2) is 4.98 Å². The lowest BCUT2D eigenvalue weighted by molar-refractivity contribution is 1.05. The summed E-state index contributed by atoms with van der Waals surface area (Å²) in [5, 5.41) is 13.9. The molecule has 0 bridgehead atoms. The Kier molecular flexibility index (Phi) is 5.37. The summed E-state index contributed by atoms with van der Waals surface area (Å²) in [7, 11) is 0. The quantitative estimate of drug-likeness (QED) is 0.388. The fourth-order valence-electron chi connectivity index (χ4n) is 3.21. The number of hydrogen-bond donors (Lipinski definition) is 3. The second-order valence-corrected chi connectivity index (χ2v) is 7.65. The average molecular weight is 420 g/mol. The van der Waals surface area contributed by atoms with E-state index >= 15 is 0 Å². The van der Waals surface area contributed by atoms with Crippen LogP contribution in [-0.4, -0.2) is 25.1 Å². The Bertz CT molecular complexity index is 1220. The van der Waals surface area contributed by atoms with Crippen LogP contribution in [0.2, 0.25) is 5.02 Å². The highest BCUT2D eigenvalue weighted by atomic mass is 35.5. The number of benzene rings is 1. The van der Waals surface area contributed by atoms with Crippen molar-refractivity contribution in [3.8, 4) is 11.1 Å². The van der Waals surface area contributed by atoms with E-state index in [-0.39, 0.29) is 0 Å². The van der Waals surface area contributed by atoms with Gasteiger partial charge in [0.25, 0.3) is 0 Å². The summed E-state index contributed by atoms with van der Waals surface area (Å²) in [6, 6.07) is 10.2. The van der Waals surface area contributed by atoms with Gasteiger partial charge in [0, 0.05) is 29.3 Å². The Labute approximate surface area is 180 Å². The van der Waals surface area contributed by atoms with Gasteiger partial charge in [0.05, 0.1) is 6.20 Å². The van der Waals surface area contributed by atoms with Crippen molar-refractivity contribution >= 4 is 34.9 Å². The minimum Gasteiger partial charge on any atom is -0.324 e. The first kappa shape index (κ1) is 19.8. The topological polar surface area (TPSA) is 91.4 Å². The van der Waals surface area contributed by atoms with E-state index in [9.17, 15) is 0 Å². The van der Waals surface area contributed by atoms with Gasteiger partial charge >= 0.3 is 0 Å². The van der Waals surface area contributed by atoms with Gasteiger partial charge in [-0.05, 0) is 74.2 Å². The molecule has 0 atom stereocenters. The number of halogens is 1. The Morgan fingerprint density at radius 1 is 0.933 bits per heavy atom. The van der Waals surface area contributed by atoms with Crippen molar-refractivity contribution in [2.75, 3.05) is 10.6 Å². The predicted octanol–water partition coefficient (Wildman–Crippen LogP) is 5.64. The average Bonchev–Trinajstić information content (AvgIpc) is 3.11. The van der Waals surface area contributed by atoms with Crippen LogP contribution in [-0.2, 0) is 0 Å². The van der Waals surface area contributed by atoms with E-state index in [2.05, 4.69) is 67.8 Å². The maximum absolute atomic E-state index is 6.26. The van der Waals surface area contributed by atoms with Crippen LogP contribution in [0.15, 0.2) is 42.7 Å². The summed E-state index contributed by atoms with van der Waals surface area (Å²) < 4.78 is 0. The van der Waals surface area contributed by atoms with Crippen LogP contribution in [0.1, 0.15) is 22.5 Å². The Morgan fingerprint density at radius 2 is 1.77 bits per heavy atom. The zero-order chi connectivity index (χ0) is 21.3. The molecule has 0 saturated carbocycles. The third-order valence-electron chi connectivity index (χ3n) is 4.72. The van der Waals surface area contributed by atoms with Crippen molar-refractivity contribution in [3.63, 3.8) is 0 Å². The van der Waals surface area contributed by atoms with Gasteiger partial charge in [0.1, 0.15) is 5.02 Å². The van der Waals surface area contributed by atoms with Gasteiger partial charge in [0.2, 0.25) is 5.95 Å². The van der Waals surface area contributed by atoms with Gasteiger partial charge in [-0.3, -0.25) is 10.1 Å². The van der Waals surface area contributed by atoms with E-state index in [0.717, 1.165) is 33.8 Å². The maximum Gasteiger partial charge on any atom is 0.229 e. The Morgan fingerprint density at radius 3 is 2.50 bits per heavy atom. The van der Waals surface area contributed by atoms with Gasteiger partial charge < -0.3 is 10.6 Å². The smallest absolute Gasteiger partial charge is 0.229 e. The van der Waals surface area contributed by atoms with Crippen LogP contribution in [0.4, 0.5) is 23.3 Å². The van der Waals surface area contributed by atoms with Gasteiger partial charge in [0.15, 0.2) is 11.6 Å². The summed E-state index contributed by atoms with van der Waals surface area (Å²) in [4.78, 5) is 13.1. The molecule has 0 spiro atoms. The van der Waals surface area contributed by atoms with Crippen molar-refractivity contribution in [3.05, 3.63) is 70.3 Å². The number of aryl methyl sites for hydroxylation is 4. The third-order valence-corrected chi connectivity index (χ3v) is 5.00. The SMILES string of the molecule is Cc1cc(-c2cc(C)c(Nc3ncc(Cl)c(Nc4cc(C)[nH]n4)n3)cc2C)ccn1. The lowest BCUT2D eigenvalue weighted by atomic mass is 9.97. The number of pyridine rings is 1. The molecule has 1 aromatic carbocycles. The molecule has 3 aromatic heterocycles. The summed E-state index contributed by atoms with van der Waals surface area (Å²) in [6.45, 7) is 8.07. The Hall–Kier alpha value is -3.45. The van der Waals surface area contributed by atoms with Crippen molar-refractivity contribution in [2.45, 2.75) is 27.7 Å². The molecule has 0 aliphatic rings. The maximum atomic E-state index is 6.26. The fraction of sp³-hybridized carbons (Fsp3) is 0.182. The lowest BCUT2D eigenvalue weighted by Crippen LogP contribution is -2.03. The molecule has 7 nitrogen and oxygen atoms in total. The second kappa shape index (κ2) is 8.12. The molecule has 0 fully saturated rings. The van der Waals surface area contributed by atoms with Crippen LogP contribution in [0.25, 0.3) is 11.1 Å². The molecule has 4 aromatic rings. The molecule has 0 unspecified atom stereocenters. The first-order chi connectivity index (χ1) is 14.4. The molecule has 3 N–H and O–H groups in total. The first-order valence-corrected chi connectivity index (χ1v) is 9.90. The van der Waals surface area contributed by atoms with Crippen LogP contribution in [0.5, 0.6) is 0 Å². The molecule has 30 heavy (non-hydrogen) atoms. The molecule has 0 radical (unpaired) electrons. The van der Waals surface area contributed by atoms with E-state index in [1.54, 1.807) is 6.20 Å². The highest BCUT2D eigenvalue weighted by Gasteiger charge is 2.11. The normalized spacial score (nSPS) is 10.8. The molecule has 0 aliphatic carbocycles. The highest BCUT2D eigenvalue weighted by Crippen LogP contribution is 2.31. The zero-order valence-electron chi connectivity index (χ0n) is 17.2. The lowest BCUT2D eigenvalue weighted by Gasteiger charge is -2.14. The molecule has 0 aliphatic heterocycles. The molecular formula is C22H22ClN7. The fourth-order valence-corrected chi connectivity index (χ4v) is 3.35. The number of aromatic nitrogens is 5. The summed E-state index contributed by atoms with van der Waals surface area (Å²) >= 11 is 6.26. The summed E-state index contributed by atoms with van der Waals surface area (Å²) in [5.74, 6) is 1.58. The molecule has 3 heterocycles. The van der Waals surface area contributed by atoms with Crippen molar-refractivity contribution in [2.24, 2.45) is 0 Å². The van der Waals surface area contributed by atoms with Crippen molar-refractivity contribution in [1.29, 1.82) is 0 Å². The van der Waals surface area contributed by atoms with Crippen molar-refractivity contribution in [1.82, 2.24) is 25.1 Å². The van der Waals surface area contributed by atoms with E-state index in [1.807, 2.05) is 32.2 Å². The van der Waals surface area contributed by atoms with E-state index in [4.69, 9.17) is 11.6 Å². The standard InChI is InChI=1S/C22H22ClN7/c1-12-8-19(13(2)7-17(12)16-5-6-24-14(3)9-16)26-22-25-11-18(23)21(28-22)27-20-10-15(4)29-30-20/h5-11H,1-4H3,(H3,25,26,27,28,29,30). The molecule has 152 valence electrons. The number of rotatable bonds is 5. The van der Waals surface area contributed by atoms with Crippen LogP contribution in [0.3, 0.4) is 0 Å². The van der Waals surface area contributed by atoms with Gasteiger partial charge in [-0.1, -0.05) is 11.6 Å². The number of nitrogens with one attached hydrogen (secondary N) is 3. The monoisotopic (exact) mass is 419 g/mol. The molecule has 4 rings (SSSR count). The first-order valence-electron chi connectivity index (χ1n) is 9.52. The number of hydrogen-bond acceptors (Lipinski definition) is 6. The van der Waals surface area contributed by atoms with Crippen LogP contribution < -0.4 is 10.6 Å². The molecule has 0 saturated heterocycles. The molecular weight excluding hydrogens is 398 g/mol. The molecule has 8 heteroatoms. The molecule has 0 amide bonds. The van der Waals surface area contributed by atoms with Gasteiger partial charge in [-0.2, -0.15) is 10.1 Å². The predicted molar refractivity (Wildman–Crippen MR) is 121 cm³/mol. The van der Waals surface area contributed by atoms with E-state index in [1.165, 1.54) is 5.56 Å². The number of aromatic amines is 1. The minimum absolute atomic E-state index is 0.414. The second-order valence-electron chi connectivity index (χ2n) is 7.24. The summed E-state index contributed by atoms with van der Waals surface area (Å²) in [5.41, 5.74) is 7.43. The number of H-pyrrole nitrogens is 1. The minimum atomic E-state index is 0.414. The highest BCUT2D eigenvalue weighted by molar-refractivity contribution is 6.32. The zero-order valence-corrected chi connectivity index (χ0v) is 18.0. The van der Waals surface area contributed by atoms with Gasteiger partial charge in [-0.15, -0.1) is 0 Å². The third kappa shape index (κ3) is 4.26.